The van der Waals surface area contributed by atoms with Gasteiger partial charge in [-0.15, -0.1) is 11.3 Å². The average Bonchev–Trinajstić information content (AvgIpc) is 2.98. The van der Waals surface area contributed by atoms with Gasteiger partial charge in [0.2, 0.25) is 0 Å². The molecule has 7 heteroatoms. The van der Waals surface area contributed by atoms with Crippen LogP contribution in [-0.2, 0) is 14.3 Å². The van der Waals surface area contributed by atoms with Gasteiger partial charge in [-0.05, 0) is 45.9 Å². The zero-order chi connectivity index (χ0) is 20.8. The lowest BCUT2D eigenvalue weighted by Gasteiger charge is -2.14. The van der Waals surface area contributed by atoms with Crippen LogP contribution in [0.4, 0.5) is 5.69 Å². The fraction of sp³-hybridized carbons (Fsp3) is 0.333. The molecule has 1 aromatic heterocycles. The number of ketones is 2. The predicted octanol–water partition coefficient (Wildman–Crippen LogP) is 4.10. The Kier molecular flexibility index (Phi) is 7.23. The zero-order valence-corrected chi connectivity index (χ0v) is 17.1. The Labute approximate surface area is 167 Å². The Bertz CT molecular complexity index is 915. The number of esters is 1. The molecule has 148 valence electrons. The Balaban J connectivity index is 1.85. The SMILES string of the molecule is CC(=O)c1cccc(NC(=O)C(C)OC(=O)CCC(=O)c2cc(C)sc2C)c1. The van der Waals surface area contributed by atoms with Crippen molar-refractivity contribution in [2.75, 3.05) is 5.32 Å². The number of thiophene rings is 1. The van der Waals surface area contributed by atoms with Crippen molar-refractivity contribution in [3.8, 4) is 0 Å². The van der Waals surface area contributed by atoms with Crippen LogP contribution in [0.5, 0.6) is 0 Å². The van der Waals surface area contributed by atoms with Crippen LogP contribution in [0.1, 0.15) is 57.2 Å². The number of aryl methyl sites for hydroxylation is 2. The molecule has 0 saturated heterocycles. The average molecular weight is 401 g/mol. The van der Waals surface area contributed by atoms with E-state index in [0.29, 0.717) is 16.8 Å². The monoisotopic (exact) mass is 401 g/mol. The summed E-state index contributed by atoms with van der Waals surface area (Å²) in [6.07, 6.45) is -1.08. The molecule has 28 heavy (non-hydrogen) atoms. The second kappa shape index (κ2) is 9.41. The molecule has 0 aliphatic heterocycles. The van der Waals surface area contributed by atoms with E-state index in [-0.39, 0.29) is 24.4 Å². The van der Waals surface area contributed by atoms with E-state index in [4.69, 9.17) is 4.74 Å². The summed E-state index contributed by atoms with van der Waals surface area (Å²) >= 11 is 1.54. The number of carbonyl (C=O) groups is 4. The first kappa shape index (κ1) is 21.5. The van der Waals surface area contributed by atoms with Gasteiger partial charge < -0.3 is 10.1 Å². The van der Waals surface area contributed by atoms with E-state index in [1.54, 1.807) is 24.3 Å². The van der Waals surface area contributed by atoms with Gasteiger partial charge in [0.25, 0.3) is 5.91 Å². The minimum Gasteiger partial charge on any atom is -0.453 e. The molecule has 6 nitrogen and oxygen atoms in total. The minimum absolute atomic E-state index is 0.0326. The topological polar surface area (TPSA) is 89.5 Å². The maximum Gasteiger partial charge on any atom is 0.307 e. The predicted molar refractivity (Wildman–Crippen MR) is 108 cm³/mol. The van der Waals surface area contributed by atoms with Gasteiger partial charge in [0.15, 0.2) is 17.7 Å². The maximum absolute atomic E-state index is 12.2. The summed E-state index contributed by atoms with van der Waals surface area (Å²) in [6, 6.07) is 8.32. The summed E-state index contributed by atoms with van der Waals surface area (Å²) < 4.78 is 5.12. The highest BCUT2D eigenvalue weighted by molar-refractivity contribution is 7.12. The number of Topliss-reactive ketones (excluding diaryl/α,β-unsaturated/α-hetero) is 2. The number of nitrogens with one attached hydrogen (secondary N) is 1. The molecule has 0 aliphatic carbocycles. The van der Waals surface area contributed by atoms with E-state index < -0.39 is 18.0 Å². The molecule has 0 radical (unpaired) electrons. The summed E-state index contributed by atoms with van der Waals surface area (Å²) in [4.78, 5) is 49.8. The van der Waals surface area contributed by atoms with Gasteiger partial charge in [-0.2, -0.15) is 0 Å². The second-order valence-electron chi connectivity index (χ2n) is 6.51. The number of rotatable bonds is 8. The third-order valence-electron chi connectivity index (χ3n) is 4.11. The van der Waals surface area contributed by atoms with Crippen LogP contribution in [0.25, 0.3) is 0 Å². The summed E-state index contributed by atoms with van der Waals surface area (Å²) in [5, 5.41) is 2.61. The van der Waals surface area contributed by atoms with Crippen molar-refractivity contribution >= 4 is 40.5 Å². The highest BCUT2D eigenvalue weighted by Gasteiger charge is 2.20. The molecule has 2 aromatic rings. The van der Waals surface area contributed by atoms with Gasteiger partial charge in [-0.25, -0.2) is 0 Å². The molecule has 1 aromatic carbocycles. The van der Waals surface area contributed by atoms with E-state index >= 15 is 0 Å². The van der Waals surface area contributed by atoms with Crippen molar-refractivity contribution < 1.29 is 23.9 Å². The van der Waals surface area contributed by atoms with Crippen LogP contribution in [0.3, 0.4) is 0 Å². The van der Waals surface area contributed by atoms with E-state index in [0.717, 1.165) is 9.75 Å². The highest BCUT2D eigenvalue weighted by atomic mass is 32.1. The fourth-order valence-electron chi connectivity index (χ4n) is 2.63. The van der Waals surface area contributed by atoms with Crippen molar-refractivity contribution in [3.63, 3.8) is 0 Å². The number of anilines is 1. The molecule has 1 heterocycles. The molecule has 0 bridgehead atoms. The van der Waals surface area contributed by atoms with E-state index in [9.17, 15) is 19.2 Å². The van der Waals surface area contributed by atoms with Crippen LogP contribution in [0.2, 0.25) is 0 Å². The van der Waals surface area contributed by atoms with Crippen LogP contribution in [0.15, 0.2) is 30.3 Å². The molecule has 0 aliphatic rings. The Morgan fingerprint density at radius 1 is 1.11 bits per heavy atom. The van der Waals surface area contributed by atoms with Crippen molar-refractivity contribution in [1.29, 1.82) is 0 Å². The molecule has 0 spiro atoms. The fourth-order valence-corrected chi connectivity index (χ4v) is 3.57. The number of carbonyl (C=O) groups excluding carboxylic acids is 4. The van der Waals surface area contributed by atoms with Crippen LogP contribution < -0.4 is 5.32 Å². The number of ether oxygens (including phenoxy) is 1. The number of hydrogen-bond acceptors (Lipinski definition) is 6. The van der Waals surface area contributed by atoms with Crippen LogP contribution in [0, 0.1) is 13.8 Å². The van der Waals surface area contributed by atoms with Gasteiger partial charge in [-0.1, -0.05) is 12.1 Å². The molecule has 2 rings (SSSR count). The standard InChI is InChI=1S/C21H23NO5S/c1-12-10-18(15(4)28-12)19(24)8-9-20(25)27-14(3)21(26)22-17-7-5-6-16(11-17)13(2)23/h5-7,10-11,14H,8-9H2,1-4H3,(H,22,26). The Morgan fingerprint density at radius 3 is 2.43 bits per heavy atom. The number of hydrogen-bond donors (Lipinski definition) is 1. The molecule has 1 amide bonds. The lowest BCUT2D eigenvalue weighted by molar-refractivity contribution is -0.153. The largest absolute Gasteiger partial charge is 0.453 e. The van der Waals surface area contributed by atoms with E-state index in [1.807, 2.05) is 19.9 Å². The van der Waals surface area contributed by atoms with Crippen molar-refractivity contribution in [2.24, 2.45) is 0 Å². The molecule has 1 unspecified atom stereocenters. The molecule has 0 fully saturated rings. The van der Waals surface area contributed by atoms with Crippen LogP contribution >= 0.6 is 11.3 Å². The van der Waals surface area contributed by atoms with Gasteiger partial charge in [0.1, 0.15) is 0 Å². The number of benzene rings is 1. The molecule has 1 N–H and O–H groups in total. The highest BCUT2D eigenvalue weighted by Crippen LogP contribution is 2.22. The summed E-state index contributed by atoms with van der Waals surface area (Å²) in [5.74, 6) is -1.35. The van der Waals surface area contributed by atoms with Crippen molar-refractivity contribution in [1.82, 2.24) is 0 Å². The van der Waals surface area contributed by atoms with Gasteiger partial charge >= 0.3 is 5.97 Å². The molecule has 0 saturated carbocycles. The smallest absolute Gasteiger partial charge is 0.307 e. The number of amides is 1. The summed E-state index contributed by atoms with van der Waals surface area (Å²) in [5.41, 5.74) is 1.55. The summed E-state index contributed by atoms with van der Waals surface area (Å²) in [7, 11) is 0. The van der Waals surface area contributed by atoms with E-state index in [2.05, 4.69) is 5.32 Å². The van der Waals surface area contributed by atoms with E-state index in [1.165, 1.54) is 25.2 Å². The lowest BCUT2D eigenvalue weighted by atomic mass is 10.1. The second-order valence-corrected chi connectivity index (χ2v) is 7.97. The molecular formula is C21H23NO5S. The van der Waals surface area contributed by atoms with Gasteiger partial charge in [-0.3, -0.25) is 19.2 Å². The quantitative estimate of drug-likeness (QED) is 0.531. The Hall–Kier alpha value is -2.80. The Morgan fingerprint density at radius 2 is 1.82 bits per heavy atom. The third kappa shape index (κ3) is 5.85. The maximum atomic E-state index is 12.2. The van der Waals surface area contributed by atoms with Crippen LogP contribution in [-0.4, -0.2) is 29.5 Å². The first-order valence-electron chi connectivity index (χ1n) is 8.89. The normalized spacial score (nSPS) is 11.6. The molecule has 1 atom stereocenters. The minimum atomic E-state index is -1.02. The lowest BCUT2D eigenvalue weighted by Crippen LogP contribution is -2.30. The molecular weight excluding hydrogens is 378 g/mol. The first-order chi connectivity index (χ1) is 13.2. The zero-order valence-electron chi connectivity index (χ0n) is 16.3. The van der Waals surface area contributed by atoms with Gasteiger partial charge in [0, 0.05) is 33.0 Å². The summed E-state index contributed by atoms with van der Waals surface area (Å²) in [6.45, 7) is 6.69. The van der Waals surface area contributed by atoms with Crippen molar-refractivity contribution in [3.05, 3.63) is 51.2 Å². The van der Waals surface area contributed by atoms with Crippen molar-refractivity contribution in [2.45, 2.75) is 46.6 Å². The first-order valence-corrected chi connectivity index (χ1v) is 9.70. The third-order valence-corrected chi connectivity index (χ3v) is 5.08. The van der Waals surface area contributed by atoms with Gasteiger partial charge in [0.05, 0.1) is 6.42 Å².